The molecule has 208 valence electrons. The molecule has 39 heavy (non-hydrogen) atoms. The zero-order valence-corrected chi connectivity index (χ0v) is 23.4. The van der Waals surface area contributed by atoms with Crippen molar-refractivity contribution in [2.45, 2.75) is 51.9 Å². The van der Waals surface area contributed by atoms with Crippen molar-refractivity contribution in [3.63, 3.8) is 0 Å². The standard InChI is InChI=1S/C29H38N6O4/c1-6-26(36)33-12-13-35(20(3)15-33)27-24-16-34(28(37)23-14-22(38-5)10-9-19(23)2)17-25(24)30-29(31-27)39-18-21-8-7-11-32(21)4/h6,9-10,14,20-21H,1,7-8,11-13,15-18H2,2-5H3/t20-,21-/m0/s1. The van der Waals surface area contributed by atoms with Crippen molar-refractivity contribution >= 4 is 17.6 Å². The van der Waals surface area contributed by atoms with E-state index in [0.717, 1.165) is 42.0 Å². The molecule has 3 aliphatic heterocycles. The van der Waals surface area contributed by atoms with Crippen LogP contribution in [0.1, 0.15) is 46.9 Å². The third-order valence-electron chi connectivity index (χ3n) is 8.16. The van der Waals surface area contributed by atoms with Crippen LogP contribution in [0.25, 0.3) is 0 Å². The van der Waals surface area contributed by atoms with Crippen LogP contribution in [0.2, 0.25) is 0 Å². The van der Waals surface area contributed by atoms with Crippen molar-refractivity contribution in [3.8, 4) is 11.8 Å². The summed E-state index contributed by atoms with van der Waals surface area (Å²) in [7, 11) is 3.71. The van der Waals surface area contributed by atoms with E-state index in [1.807, 2.05) is 24.0 Å². The summed E-state index contributed by atoms with van der Waals surface area (Å²) in [5, 5.41) is 0. The molecule has 0 unspecified atom stereocenters. The summed E-state index contributed by atoms with van der Waals surface area (Å²) in [4.78, 5) is 43.7. The first kappa shape index (κ1) is 26.9. The number of amides is 2. The van der Waals surface area contributed by atoms with E-state index in [1.54, 1.807) is 18.1 Å². The summed E-state index contributed by atoms with van der Waals surface area (Å²) >= 11 is 0. The minimum Gasteiger partial charge on any atom is -0.497 e. The van der Waals surface area contributed by atoms with Crippen LogP contribution in [-0.2, 0) is 17.9 Å². The number of hydrogen-bond acceptors (Lipinski definition) is 8. The second-order valence-corrected chi connectivity index (χ2v) is 10.7. The van der Waals surface area contributed by atoms with Gasteiger partial charge in [-0.05, 0) is 64.1 Å². The summed E-state index contributed by atoms with van der Waals surface area (Å²) in [6.07, 6.45) is 3.61. The first-order valence-electron chi connectivity index (χ1n) is 13.6. The van der Waals surface area contributed by atoms with Gasteiger partial charge in [-0.3, -0.25) is 9.59 Å². The van der Waals surface area contributed by atoms with Gasteiger partial charge >= 0.3 is 6.01 Å². The largest absolute Gasteiger partial charge is 0.497 e. The van der Waals surface area contributed by atoms with E-state index in [9.17, 15) is 9.59 Å². The van der Waals surface area contributed by atoms with Crippen molar-refractivity contribution < 1.29 is 19.1 Å². The van der Waals surface area contributed by atoms with Crippen molar-refractivity contribution in [2.24, 2.45) is 0 Å². The Kier molecular flexibility index (Phi) is 7.74. The van der Waals surface area contributed by atoms with Crippen molar-refractivity contribution in [1.82, 2.24) is 24.7 Å². The Morgan fingerprint density at radius 1 is 1.15 bits per heavy atom. The number of piperazine rings is 1. The number of carbonyl (C=O) groups excluding carboxylic acids is 2. The van der Waals surface area contributed by atoms with Gasteiger partial charge in [0.05, 0.1) is 25.9 Å². The Morgan fingerprint density at radius 3 is 2.67 bits per heavy atom. The topological polar surface area (TPSA) is 91.3 Å². The molecule has 10 heteroatoms. The molecule has 2 amide bonds. The highest BCUT2D eigenvalue weighted by Gasteiger charge is 2.35. The zero-order valence-electron chi connectivity index (χ0n) is 23.4. The first-order valence-corrected chi connectivity index (χ1v) is 13.6. The highest BCUT2D eigenvalue weighted by Crippen LogP contribution is 2.34. The number of anilines is 1. The van der Waals surface area contributed by atoms with Gasteiger partial charge in [0.15, 0.2) is 0 Å². The number of rotatable bonds is 7. The summed E-state index contributed by atoms with van der Waals surface area (Å²) in [6.45, 7) is 11.8. The number of hydrogen-bond donors (Lipinski definition) is 0. The van der Waals surface area contributed by atoms with E-state index in [1.165, 1.54) is 6.08 Å². The molecule has 1 aromatic heterocycles. The Balaban J connectivity index is 1.43. The molecule has 0 N–H and O–H groups in total. The predicted octanol–water partition coefficient (Wildman–Crippen LogP) is 2.65. The Hall–Kier alpha value is -3.66. The van der Waals surface area contributed by atoms with Crippen LogP contribution in [-0.4, -0.2) is 95.5 Å². The maximum atomic E-state index is 13.6. The third-order valence-corrected chi connectivity index (χ3v) is 8.16. The monoisotopic (exact) mass is 534 g/mol. The van der Waals surface area contributed by atoms with E-state index in [0.29, 0.717) is 62.7 Å². The highest BCUT2D eigenvalue weighted by atomic mass is 16.5. The Bertz CT molecular complexity index is 1270. The molecule has 0 saturated carbocycles. The maximum Gasteiger partial charge on any atom is 0.318 e. The molecule has 2 saturated heterocycles. The molecule has 0 aliphatic carbocycles. The Morgan fingerprint density at radius 2 is 1.97 bits per heavy atom. The molecule has 2 atom stereocenters. The molecule has 0 bridgehead atoms. The van der Waals surface area contributed by atoms with Crippen LogP contribution >= 0.6 is 0 Å². The van der Waals surface area contributed by atoms with Gasteiger partial charge in [-0.15, -0.1) is 0 Å². The van der Waals surface area contributed by atoms with Crippen LogP contribution in [0.5, 0.6) is 11.8 Å². The van der Waals surface area contributed by atoms with E-state index < -0.39 is 0 Å². The van der Waals surface area contributed by atoms with Crippen molar-refractivity contribution in [3.05, 3.63) is 53.2 Å². The quantitative estimate of drug-likeness (QED) is 0.501. The van der Waals surface area contributed by atoms with Crippen molar-refractivity contribution in [2.75, 3.05) is 51.8 Å². The predicted molar refractivity (Wildman–Crippen MR) is 148 cm³/mol. The number of methoxy groups -OCH3 is 1. The SMILES string of the molecule is C=CC(=O)N1CCN(c2nc(OC[C@@H]3CCCN3C)nc3c2CN(C(=O)c2cc(OC)ccc2C)C3)[C@@H](C)C1. The van der Waals surface area contributed by atoms with E-state index in [2.05, 4.69) is 30.4 Å². The van der Waals surface area contributed by atoms with E-state index >= 15 is 0 Å². The molecule has 1 aromatic carbocycles. The molecule has 4 heterocycles. The van der Waals surface area contributed by atoms with Crippen LogP contribution in [0.3, 0.4) is 0 Å². The number of carbonyl (C=O) groups is 2. The molecule has 0 radical (unpaired) electrons. The van der Waals surface area contributed by atoms with Crippen LogP contribution in [0, 0.1) is 6.92 Å². The number of aryl methyl sites for hydroxylation is 1. The number of nitrogens with zero attached hydrogens (tertiary/aromatic N) is 6. The number of likely N-dealkylation sites (tertiary alicyclic amines) is 1. The van der Waals surface area contributed by atoms with Gasteiger partial charge in [0, 0.05) is 42.8 Å². The average Bonchev–Trinajstić information content (AvgIpc) is 3.56. The number of fused-ring (bicyclic) bond motifs is 1. The van der Waals surface area contributed by atoms with Gasteiger partial charge in [-0.1, -0.05) is 12.6 Å². The second kappa shape index (κ2) is 11.2. The van der Waals surface area contributed by atoms with Gasteiger partial charge in [0.2, 0.25) is 5.91 Å². The summed E-state index contributed by atoms with van der Waals surface area (Å²) in [5.41, 5.74) is 3.25. The summed E-state index contributed by atoms with van der Waals surface area (Å²) < 4.78 is 11.5. The lowest BCUT2D eigenvalue weighted by atomic mass is 10.1. The number of likely N-dealkylation sites (N-methyl/N-ethyl adjacent to an activating group) is 1. The fraction of sp³-hybridized carbons (Fsp3) is 0.517. The fourth-order valence-corrected chi connectivity index (χ4v) is 5.75. The molecule has 10 nitrogen and oxygen atoms in total. The minimum absolute atomic E-state index is 0.0286. The van der Waals surface area contributed by atoms with E-state index in [4.69, 9.17) is 19.4 Å². The Labute approximate surface area is 230 Å². The lowest BCUT2D eigenvalue weighted by molar-refractivity contribution is -0.126. The minimum atomic E-state index is -0.0696. The molecule has 3 aliphatic rings. The first-order chi connectivity index (χ1) is 18.8. The lowest BCUT2D eigenvalue weighted by Gasteiger charge is -2.40. The summed E-state index contributed by atoms with van der Waals surface area (Å²) in [6, 6.07) is 6.26. The van der Waals surface area contributed by atoms with Crippen molar-refractivity contribution in [1.29, 1.82) is 0 Å². The highest BCUT2D eigenvalue weighted by molar-refractivity contribution is 5.96. The average molecular weight is 535 g/mol. The van der Waals surface area contributed by atoms with Crippen LogP contribution < -0.4 is 14.4 Å². The number of ether oxygens (including phenoxy) is 2. The number of aromatic nitrogens is 2. The normalized spacial score (nSPS) is 21.2. The van der Waals surface area contributed by atoms with Gasteiger partial charge < -0.3 is 29.1 Å². The molecule has 2 aromatic rings. The number of benzene rings is 1. The smallest absolute Gasteiger partial charge is 0.318 e. The second-order valence-electron chi connectivity index (χ2n) is 10.7. The third kappa shape index (κ3) is 5.43. The maximum absolute atomic E-state index is 13.6. The fourth-order valence-electron chi connectivity index (χ4n) is 5.75. The zero-order chi connectivity index (χ0) is 27.7. The van der Waals surface area contributed by atoms with E-state index in [-0.39, 0.29) is 17.9 Å². The lowest BCUT2D eigenvalue weighted by Crippen LogP contribution is -2.54. The molecule has 5 rings (SSSR count). The van der Waals surface area contributed by atoms with Crippen LogP contribution in [0.4, 0.5) is 5.82 Å². The molecule has 0 spiro atoms. The van der Waals surface area contributed by atoms with Crippen LogP contribution in [0.15, 0.2) is 30.9 Å². The molecular weight excluding hydrogens is 496 g/mol. The van der Waals surface area contributed by atoms with Gasteiger partial charge in [-0.2, -0.15) is 9.97 Å². The van der Waals surface area contributed by atoms with Gasteiger partial charge in [0.25, 0.3) is 5.91 Å². The van der Waals surface area contributed by atoms with Gasteiger partial charge in [0.1, 0.15) is 18.2 Å². The molecule has 2 fully saturated rings. The molecular formula is C29H38N6O4. The van der Waals surface area contributed by atoms with Gasteiger partial charge in [-0.25, -0.2) is 0 Å². The summed E-state index contributed by atoms with van der Waals surface area (Å²) in [5.74, 6) is 1.30.